The number of hydrogen-bond acceptors (Lipinski definition) is 5. The Morgan fingerprint density at radius 3 is 3.00 bits per heavy atom. The summed E-state index contributed by atoms with van der Waals surface area (Å²) in [5.74, 6) is 2.48. The van der Waals surface area contributed by atoms with Crippen molar-refractivity contribution in [3.8, 4) is 0 Å². The summed E-state index contributed by atoms with van der Waals surface area (Å²) in [4.78, 5) is 10.2. The van der Waals surface area contributed by atoms with Crippen LogP contribution in [0, 0.1) is 5.92 Å². The zero-order valence-corrected chi connectivity index (χ0v) is 11.5. The second-order valence-electron chi connectivity index (χ2n) is 4.93. The SMILES string of the molecule is CCCNc1nc(NC2CC2C)c2ccsc2n1. The largest absolute Gasteiger partial charge is 0.366 e. The number of rotatable bonds is 5. The fourth-order valence-corrected chi connectivity index (χ4v) is 2.74. The van der Waals surface area contributed by atoms with Crippen LogP contribution in [0.2, 0.25) is 0 Å². The molecule has 2 atom stereocenters. The monoisotopic (exact) mass is 262 g/mol. The van der Waals surface area contributed by atoms with Crippen molar-refractivity contribution < 1.29 is 0 Å². The van der Waals surface area contributed by atoms with E-state index in [9.17, 15) is 0 Å². The number of aromatic nitrogens is 2. The fraction of sp³-hybridized carbons (Fsp3) is 0.538. The van der Waals surface area contributed by atoms with Gasteiger partial charge in [-0.25, -0.2) is 4.98 Å². The summed E-state index contributed by atoms with van der Waals surface area (Å²) < 4.78 is 0. The lowest BCUT2D eigenvalue weighted by molar-refractivity contribution is 0.921. The van der Waals surface area contributed by atoms with E-state index in [0.29, 0.717) is 6.04 Å². The lowest BCUT2D eigenvalue weighted by Gasteiger charge is -2.09. The molecule has 2 heterocycles. The molecule has 1 aliphatic rings. The normalized spacial score (nSPS) is 22.1. The van der Waals surface area contributed by atoms with Crippen molar-refractivity contribution in [2.45, 2.75) is 32.7 Å². The Bertz CT molecular complexity index is 551. The first-order chi connectivity index (χ1) is 8.78. The maximum atomic E-state index is 4.60. The lowest BCUT2D eigenvalue weighted by Crippen LogP contribution is -2.09. The zero-order chi connectivity index (χ0) is 12.5. The molecule has 1 aliphatic carbocycles. The van der Waals surface area contributed by atoms with Gasteiger partial charge >= 0.3 is 0 Å². The Balaban J connectivity index is 1.90. The molecule has 2 aromatic rings. The van der Waals surface area contributed by atoms with Crippen LogP contribution in [0.5, 0.6) is 0 Å². The highest BCUT2D eigenvalue weighted by atomic mass is 32.1. The molecule has 4 nitrogen and oxygen atoms in total. The summed E-state index contributed by atoms with van der Waals surface area (Å²) in [6.07, 6.45) is 2.32. The number of fused-ring (bicyclic) bond motifs is 1. The summed E-state index contributed by atoms with van der Waals surface area (Å²) >= 11 is 1.67. The van der Waals surface area contributed by atoms with E-state index in [-0.39, 0.29) is 0 Å². The van der Waals surface area contributed by atoms with Gasteiger partial charge in [-0.15, -0.1) is 11.3 Å². The highest BCUT2D eigenvalue weighted by molar-refractivity contribution is 7.16. The van der Waals surface area contributed by atoms with E-state index in [1.54, 1.807) is 11.3 Å². The van der Waals surface area contributed by atoms with Crippen molar-refractivity contribution in [3.63, 3.8) is 0 Å². The van der Waals surface area contributed by atoms with Crippen LogP contribution >= 0.6 is 11.3 Å². The van der Waals surface area contributed by atoms with Crippen LogP contribution in [0.1, 0.15) is 26.7 Å². The van der Waals surface area contributed by atoms with E-state index in [2.05, 4.69) is 45.9 Å². The average Bonchev–Trinajstić information content (AvgIpc) is 2.88. The summed E-state index contributed by atoms with van der Waals surface area (Å²) in [6, 6.07) is 2.68. The van der Waals surface area contributed by atoms with Crippen LogP contribution in [0.3, 0.4) is 0 Å². The van der Waals surface area contributed by atoms with Crippen molar-refractivity contribution >= 4 is 33.3 Å². The smallest absolute Gasteiger partial charge is 0.226 e. The van der Waals surface area contributed by atoms with Crippen LogP contribution in [0.25, 0.3) is 10.2 Å². The summed E-state index contributed by atoms with van der Waals surface area (Å²) in [5.41, 5.74) is 0. The minimum Gasteiger partial charge on any atom is -0.366 e. The van der Waals surface area contributed by atoms with Crippen LogP contribution in [0.4, 0.5) is 11.8 Å². The van der Waals surface area contributed by atoms with E-state index in [1.807, 2.05) is 0 Å². The van der Waals surface area contributed by atoms with Crippen LogP contribution in [-0.4, -0.2) is 22.6 Å². The van der Waals surface area contributed by atoms with Crippen molar-refractivity contribution in [3.05, 3.63) is 11.4 Å². The first-order valence-corrected chi connectivity index (χ1v) is 7.41. The van der Waals surface area contributed by atoms with E-state index in [0.717, 1.165) is 40.9 Å². The summed E-state index contributed by atoms with van der Waals surface area (Å²) in [5, 5.41) is 10.0. The Morgan fingerprint density at radius 1 is 1.44 bits per heavy atom. The third kappa shape index (κ3) is 2.27. The molecule has 18 heavy (non-hydrogen) atoms. The molecule has 1 fully saturated rings. The molecule has 0 amide bonds. The molecular weight excluding hydrogens is 244 g/mol. The molecule has 96 valence electrons. The summed E-state index contributed by atoms with van der Waals surface area (Å²) in [7, 11) is 0. The molecule has 5 heteroatoms. The van der Waals surface area contributed by atoms with Gasteiger partial charge in [0.1, 0.15) is 10.6 Å². The predicted octanol–water partition coefficient (Wildman–Crippen LogP) is 3.33. The van der Waals surface area contributed by atoms with Gasteiger partial charge in [0.25, 0.3) is 0 Å². The number of anilines is 2. The van der Waals surface area contributed by atoms with Gasteiger partial charge in [0, 0.05) is 12.6 Å². The van der Waals surface area contributed by atoms with Gasteiger partial charge in [0.15, 0.2) is 0 Å². The molecular formula is C13H18N4S. The van der Waals surface area contributed by atoms with Gasteiger partial charge < -0.3 is 10.6 Å². The van der Waals surface area contributed by atoms with Crippen LogP contribution in [0.15, 0.2) is 11.4 Å². The number of hydrogen-bond donors (Lipinski definition) is 2. The van der Waals surface area contributed by atoms with E-state index >= 15 is 0 Å². The lowest BCUT2D eigenvalue weighted by atomic mass is 10.3. The van der Waals surface area contributed by atoms with Gasteiger partial charge in [0.05, 0.1) is 5.39 Å². The van der Waals surface area contributed by atoms with Crippen molar-refractivity contribution in [2.24, 2.45) is 5.92 Å². The van der Waals surface area contributed by atoms with E-state index in [4.69, 9.17) is 0 Å². The maximum absolute atomic E-state index is 4.60. The minimum atomic E-state index is 0.585. The summed E-state index contributed by atoms with van der Waals surface area (Å²) in [6.45, 7) is 5.32. The fourth-order valence-electron chi connectivity index (χ4n) is 1.98. The topological polar surface area (TPSA) is 49.8 Å². The number of nitrogens with one attached hydrogen (secondary N) is 2. The number of thiophene rings is 1. The van der Waals surface area contributed by atoms with Gasteiger partial charge in [-0.05, 0) is 30.2 Å². The van der Waals surface area contributed by atoms with Gasteiger partial charge in [-0.2, -0.15) is 4.98 Å². The van der Waals surface area contributed by atoms with Crippen molar-refractivity contribution in [1.82, 2.24) is 9.97 Å². The maximum Gasteiger partial charge on any atom is 0.226 e. The Hall–Kier alpha value is -1.36. The van der Waals surface area contributed by atoms with Crippen molar-refractivity contribution in [2.75, 3.05) is 17.2 Å². The molecule has 3 rings (SSSR count). The number of nitrogens with zero attached hydrogens (tertiary/aromatic N) is 2. The molecule has 0 radical (unpaired) electrons. The minimum absolute atomic E-state index is 0.585. The van der Waals surface area contributed by atoms with Gasteiger partial charge in [-0.1, -0.05) is 13.8 Å². The van der Waals surface area contributed by atoms with Gasteiger partial charge in [0.2, 0.25) is 5.95 Å². The molecule has 2 unspecified atom stereocenters. The Labute approximate surface area is 111 Å². The second kappa shape index (κ2) is 4.72. The predicted molar refractivity (Wildman–Crippen MR) is 77.4 cm³/mol. The first kappa shape index (κ1) is 11.7. The molecule has 1 saturated carbocycles. The zero-order valence-electron chi connectivity index (χ0n) is 10.7. The van der Waals surface area contributed by atoms with Crippen LogP contribution < -0.4 is 10.6 Å². The quantitative estimate of drug-likeness (QED) is 0.867. The van der Waals surface area contributed by atoms with Crippen molar-refractivity contribution in [1.29, 1.82) is 0 Å². The first-order valence-electron chi connectivity index (χ1n) is 6.53. The third-order valence-corrected chi connectivity index (χ3v) is 4.10. The molecule has 0 saturated heterocycles. The Morgan fingerprint density at radius 2 is 2.28 bits per heavy atom. The Kier molecular flexibility index (Phi) is 3.07. The highest BCUT2D eigenvalue weighted by Gasteiger charge is 2.33. The molecule has 0 aromatic carbocycles. The molecule has 2 aromatic heterocycles. The van der Waals surface area contributed by atoms with Gasteiger partial charge in [-0.3, -0.25) is 0 Å². The van der Waals surface area contributed by atoms with E-state index < -0.39 is 0 Å². The average molecular weight is 262 g/mol. The second-order valence-corrected chi connectivity index (χ2v) is 5.82. The van der Waals surface area contributed by atoms with Crippen LogP contribution in [-0.2, 0) is 0 Å². The molecule has 0 spiro atoms. The molecule has 0 aliphatic heterocycles. The molecule has 0 bridgehead atoms. The standard InChI is InChI=1S/C13H18N4S/c1-3-5-14-13-16-11(15-10-7-8(10)2)9-4-6-18-12(9)17-13/h4,6,8,10H,3,5,7H2,1-2H3,(H2,14,15,16,17). The highest BCUT2D eigenvalue weighted by Crippen LogP contribution is 2.35. The van der Waals surface area contributed by atoms with E-state index in [1.165, 1.54) is 6.42 Å². The third-order valence-electron chi connectivity index (χ3n) is 3.29. The molecule has 2 N–H and O–H groups in total.